The van der Waals surface area contributed by atoms with Gasteiger partial charge in [-0.2, -0.15) is 0 Å². The van der Waals surface area contributed by atoms with E-state index in [2.05, 4.69) is 15.6 Å². The molecule has 1 fully saturated rings. The maximum Gasteiger partial charge on any atom is 0.324 e. The highest BCUT2D eigenvalue weighted by atomic mass is 32.1. The number of anilines is 1. The summed E-state index contributed by atoms with van der Waals surface area (Å²) in [6, 6.07) is 8.57. The average Bonchev–Trinajstić information content (AvgIpc) is 3.35. The lowest BCUT2D eigenvalue weighted by Gasteiger charge is -2.26. The summed E-state index contributed by atoms with van der Waals surface area (Å²) in [4.78, 5) is 43.1. The van der Waals surface area contributed by atoms with Gasteiger partial charge in [0.05, 0.1) is 29.0 Å². The molecule has 3 aromatic rings. The average molecular weight is 416 g/mol. The van der Waals surface area contributed by atoms with Crippen LogP contribution in [0.5, 0.6) is 0 Å². The second-order valence-corrected chi connectivity index (χ2v) is 7.91. The van der Waals surface area contributed by atoms with Crippen LogP contribution in [0.3, 0.4) is 0 Å². The van der Waals surface area contributed by atoms with Gasteiger partial charge in [-0.3, -0.25) is 14.9 Å². The number of urea groups is 1. The van der Waals surface area contributed by atoms with E-state index in [1.54, 1.807) is 11.4 Å². The summed E-state index contributed by atoms with van der Waals surface area (Å²) in [5, 5.41) is 7.45. The number of aromatic nitrogens is 1. The van der Waals surface area contributed by atoms with Gasteiger partial charge < -0.3 is 15.0 Å². The molecule has 0 atom stereocenters. The normalized spacial score (nSPS) is 14.1. The number of rotatable bonds is 3. The van der Waals surface area contributed by atoms with Crippen molar-refractivity contribution in [3.63, 3.8) is 0 Å². The molecular weight excluding hydrogens is 400 g/mol. The van der Waals surface area contributed by atoms with Gasteiger partial charge in [-0.05, 0) is 23.6 Å². The van der Waals surface area contributed by atoms with Crippen molar-refractivity contribution in [3.8, 4) is 0 Å². The molecule has 1 aliphatic heterocycles. The Labute approximate surface area is 168 Å². The molecule has 4 rings (SSSR count). The molecule has 10 heteroatoms. The zero-order valence-corrected chi connectivity index (χ0v) is 16.3. The molecule has 3 heterocycles. The number of carbonyl (C=O) groups is 3. The van der Waals surface area contributed by atoms with Gasteiger partial charge in [0, 0.05) is 13.1 Å². The summed E-state index contributed by atoms with van der Waals surface area (Å²) in [6.45, 7) is 1.76. The maximum absolute atomic E-state index is 12.5. The number of para-hydroxylation sites is 1. The van der Waals surface area contributed by atoms with Gasteiger partial charge in [0.25, 0.3) is 11.8 Å². The summed E-state index contributed by atoms with van der Waals surface area (Å²) < 4.78 is 6.11. The van der Waals surface area contributed by atoms with E-state index >= 15 is 0 Å². The molecule has 28 heavy (non-hydrogen) atoms. The lowest BCUT2D eigenvalue weighted by molar-refractivity contribution is 0.0524. The van der Waals surface area contributed by atoms with E-state index < -0.39 is 17.8 Å². The van der Waals surface area contributed by atoms with Crippen molar-refractivity contribution in [3.05, 3.63) is 46.3 Å². The van der Waals surface area contributed by atoms with Gasteiger partial charge in [0.2, 0.25) is 0 Å². The number of benzene rings is 1. The molecule has 2 N–H and O–H groups in total. The topological polar surface area (TPSA) is 101 Å². The van der Waals surface area contributed by atoms with Crippen LogP contribution in [0.2, 0.25) is 0 Å². The van der Waals surface area contributed by atoms with Gasteiger partial charge in [-0.25, -0.2) is 9.78 Å². The largest absolute Gasteiger partial charge is 0.378 e. The fraction of sp³-hybridized carbons (Fsp3) is 0.222. The van der Waals surface area contributed by atoms with Crippen LogP contribution in [0.1, 0.15) is 20.2 Å². The van der Waals surface area contributed by atoms with E-state index in [9.17, 15) is 14.4 Å². The number of ether oxygens (including phenoxy) is 1. The summed E-state index contributed by atoms with van der Waals surface area (Å²) in [5.74, 6) is -0.949. The second kappa shape index (κ2) is 8.05. The van der Waals surface area contributed by atoms with Crippen molar-refractivity contribution in [2.45, 2.75) is 0 Å². The molecule has 0 unspecified atom stereocenters. The molecular formula is C18H16N4O4S2. The first-order chi connectivity index (χ1) is 13.6. The summed E-state index contributed by atoms with van der Waals surface area (Å²) in [7, 11) is 0. The Morgan fingerprint density at radius 2 is 1.86 bits per heavy atom. The Balaban J connectivity index is 1.45. The SMILES string of the molecule is O=C(Nc1sccc1C(=O)NC(=O)N1CCOCC1)c1nc2ccccc2s1. The standard InChI is InChI=1S/C18H16N4O4S2/c23-14(21-18(25)22-6-8-26-9-7-22)11-5-10-27-16(11)20-15(24)17-19-12-3-1-2-4-13(12)28-17/h1-5,10H,6-9H2,(H,20,24)(H,21,23,25). The third-order valence-electron chi connectivity index (χ3n) is 4.14. The Morgan fingerprint density at radius 3 is 2.64 bits per heavy atom. The minimum atomic E-state index is -0.558. The van der Waals surface area contributed by atoms with Gasteiger partial charge >= 0.3 is 6.03 Å². The minimum Gasteiger partial charge on any atom is -0.378 e. The number of nitrogens with zero attached hydrogens (tertiary/aromatic N) is 2. The Hall–Kier alpha value is -2.82. The van der Waals surface area contributed by atoms with Crippen molar-refractivity contribution >= 4 is 55.7 Å². The molecule has 1 aliphatic rings. The molecule has 8 nitrogen and oxygen atoms in total. The molecule has 1 aromatic carbocycles. The fourth-order valence-electron chi connectivity index (χ4n) is 2.72. The Kier molecular flexibility index (Phi) is 5.33. The van der Waals surface area contributed by atoms with Crippen LogP contribution in [0.4, 0.5) is 9.80 Å². The van der Waals surface area contributed by atoms with E-state index in [-0.39, 0.29) is 5.56 Å². The van der Waals surface area contributed by atoms with Gasteiger partial charge in [0.1, 0.15) is 5.00 Å². The molecule has 0 saturated carbocycles. The Morgan fingerprint density at radius 1 is 1.07 bits per heavy atom. The number of amides is 4. The number of imide groups is 1. The highest BCUT2D eigenvalue weighted by Crippen LogP contribution is 2.26. The van der Waals surface area contributed by atoms with Crippen LogP contribution >= 0.6 is 22.7 Å². The lowest BCUT2D eigenvalue weighted by atomic mass is 10.3. The predicted octanol–water partition coefficient (Wildman–Crippen LogP) is 2.79. The molecule has 144 valence electrons. The number of hydrogen-bond acceptors (Lipinski definition) is 7. The molecule has 1 saturated heterocycles. The number of thiazole rings is 1. The monoisotopic (exact) mass is 416 g/mol. The highest BCUT2D eigenvalue weighted by molar-refractivity contribution is 7.20. The van der Waals surface area contributed by atoms with Gasteiger partial charge in [0.15, 0.2) is 5.01 Å². The molecule has 0 spiro atoms. The van der Waals surface area contributed by atoms with Crippen molar-refractivity contribution in [1.82, 2.24) is 15.2 Å². The first kappa shape index (κ1) is 18.5. The predicted molar refractivity (Wildman–Crippen MR) is 107 cm³/mol. The number of thiophene rings is 1. The summed E-state index contributed by atoms with van der Waals surface area (Å²) >= 11 is 2.49. The van der Waals surface area contributed by atoms with Crippen molar-refractivity contribution in [2.75, 3.05) is 31.6 Å². The maximum atomic E-state index is 12.5. The van der Waals surface area contributed by atoms with Gasteiger partial charge in [-0.1, -0.05) is 12.1 Å². The van der Waals surface area contributed by atoms with Crippen LogP contribution in [0, 0.1) is 0 Å². The quantitative estimate of drug-likeness (QED) is 0.684. The lowest BCUT2D eigenvalue weighted by Crippen LogP contribution is -2.48. The second-order valence-electron chi connectivity index (χ2n) is 5.96. The molecule has 4 amide bonds. The van der Waals surface area contributed by atoms with Crippen LogP contribution in [-0.4, -0.2) is 54.0 Å². The van der Waals surface area contributed by atoms with Crippen LogP contribution in [0.25, 0.3) is 10.2 Å². The van der Waals surface area contributed by atoms with E-state index in [1.807, 2.05) is 24.3 Å². The smallest absolute Gasteiger partial charge is 0.324 e. The molecule has 0 radical (unpaired) electrons. The van der Waals surface area contributed by atoms with Gasteiger partial charge in [-0.15, -0.1) is 22.7 Å². The number of carbonyl (C=O) groups excluding carboxylic acids is 3. The Bertz CT molecular complexity index is 1010. The first-order valence-electron chi connectivity index (χ1n) is 8.54. The van der Waals surface area contributed by atoms with E-state index in [1.165, 1.54) is 27.6 Å². The first-order valence-corrected chi connectivity index (χ1v) is 10.2. The van der Waals surface area contributed by atoms with Crippen molar-refractivity contribution in [1.29, 1.82) is 0 Å². The third-order valence-corrected chi connectivity index (χ3v) is 6.01. The number of morpholine rings is 1. The third kappa shape index (κ3) is 3.88. The highest BCUT2D eigenvalue weighted by Gasteiger charge is 2.23. The molecule has 2 aromatic heterocycles. The fourth-order valence-corrected chi connectivity index (χ4v) is 4.36. The van der Waals surface area contributed by atoms with E-state index in [4.69, 9.17) is 4.74 Å². The molecule has 0 aliphatic carbocycles. The number of hydrogen-bond donors (Lipinski definition) is 2. The number of fused-ring (bicyclic) bond motifs is 1. The summed E-state index contributed by atoms with van der Waals surface area (Å²) in [6.07, 6.45) is 0. The van der Waals surface area contributed by atoms with E-state index in [0.29, 0.717) is 36.3 Å². The van der Waals surface area contributed by atoms with Crippen LogP contribution in [-0.2, 0) is 4.74 Å². The van der Waals surface area contributed by atoms with E-state index in [0.717, 1.165) is 10.2 Å². The van der Waals surface area contributed by atoms with Crippen LogP contribution < -0.4 is 10.6 Å². The van der Waals surface area contributed by atoms with Crippen LogP contribution in [0.15, 0.2) is 35.7 Å². The zero-order valence-electron chi connectivity index (χ0n) is 14.6. The number of nitrogens with one attached hydrogen (secondary N) is 2. The van der Waals surface area contributed by atoms with Crippen molar-refractivity contribution in [2.24, 2.45) is 0 Å². The molecule has 0 bridgehead atoms. The van der Waals surface area contributed by atoms with Crippen molar-refractivity contribution < 1.29 is 19.1 Å². The minimum absolute atomic E-state index is 0.237. The zero-order chi connectivity index (χ0) is 19.5. The summed E-state index contributed by atoms with van der Waals surface area (Å²) in [5.41, 5.74) is 0.985.